The lowest BCUT2D eigenvalue weighted by Gasteiger charge is -2.29. The van der Waals surface area contributed by atoms with Crippen molar-refractivity contribution in [2.24, 2.45) is 0 Å². The summed E-state index contributed by atoms with van der Waals surface area (Å²) in [6, 6.07) is 19.2. The fourth-order valence-corrected chi connectivity index (χ4v) is 4.87. The molecule has 0 atom stereocenters. The Morgan fingerprint density at radius 1 is 1.11 bits per heavy atom. The minimum atomic E-state index is -0.980. The van der Waals surface area contributed by atoms with Gasteiger partial charge >= 0.3 is 5.97 Å². The topological polar surface area (TPSA) is 108 Å². The summed E-state index contributed by atoms with van der Waals surface area (Å²) < 4.78 is 11.1. The van der Waals surface area contributed by atoms with E-state index in [0.717, 1.165) is 22.4 Å². The second kappa shape index (κ2) is 13.7. The molecule has 9 heteroatoms. The van der Waals surface area contributed by atoms with Crippen LogP contribution in [0.5, 0.6) is 0 Å². The molecule has 200 valence electrons. The molecular weight excluding hydrogens is 500 g/mol. The molecule has 0 aliphatic rings. The van der Waals surface area contributed by atoms with Crippen LogP contribution in [0.15, 0.2) is 77.5 Å². The van der Waals surface area contributed by atoms with Crippen LogP contribution in [0.25, 0.3) is 0 Å². The summed E-state index contributed by atoms with van der Waals surface area (Å²) in [5, 5.41) is 0. The molecule has 1 heterocycles. The monoisotopic (exact) mass is 534 g/mol. The molecule has 0 saturated heterocycles. The molecule has 0 fully saturated rings. The van der Waals surface area contributed by atoms with Crippen molar-refractivity contribution in [1.29, 1.82) is 0 Å². The summed E-state index contributed by atoms with van der Waals surface area (Å²) in [5.41, 5.74) is 8.11. The SMILES string of the molecule is COCC/C(SCOC(=O)C(C)(c1ccccc1)c1ccccc1)=C(\C)N(C=O)Cc1cnc(C)nc1N. The summed E-state index contributed by atoms with van der Waals surface area (Å²) in [4.78, 5) is 36.4. The van der Waals surface area contributed by atoms with Gasteiger partial charge in [-0.1, -0.05) is 72.4 Å². The summed E-state index contributed by atoms with van der Waals surface area (Å²) in [6.45, 7) is 6.14. The van der Waals surface area contributed by atoms with Crippen LogP contribution in [0.4, 0.5) is 5.82 Å². The molecule has 3 rings (SSSR count). The molecular formula is C29H34N4O4S. The Morgan fingerprint density at radius 3 is 2.24 bits per heavy atom. The predicted molar refractivity (Wildman–Crippen MR) is 150 cm³/mol. The molecule has 0 unspecified atom stereocenters. The number of allylic oxidation sites excluding steroid dienone is 1. The molecule has 3 aromatic rings. The van der Waals surface area contributed by atoms with Gasteiger partial charge < -0.3 is 20.1 Å². The lowest BCUT2D eigenvalue weighted by atomic mass is 9.76. The highest BCUT2D eigenvalue weighted by Gasteiger charge is 2.38. The van der Waals surface area contributed by atoms with Crippen molar-refractivity contribution < 1.29 is 19.1 Å². The molecule has 0 aliphatic carbocycles. The van der Waals surface area contributed by atoms with Gasteiger partial charge in [-0.2, -0.15) is 0 Å². The van der Waals surface area contributed by atoms with Gasteiger partial charge in [0.2, 0.25) is 6.41 Å². The molecule has 38 heavy (non-hydrogen) atoms. The van der Waals surface area contributed by atoms with Gasteiger partial charge in [0.25, 0.3) is 0 Å². The number of thioether (sulfide) groups is 1. The number of aryl methyl sites for hydroxylation is 1. The zero-order valence-corrected chi connectivity index (χ0v) is 23.0. The van der Waals surface area contributed by atoms with E-state index in [1.165, 1.54) is 11.8 Å². The first kappa shape index (κ1) is 28.9. The van der Waals surface area contributed by atoms with Gasteiger partial charge in [-0.3, -0.25) is 9.59 Å². The van der Waals surface area contributed by atoms with Crippen LogP contribution < -0.4 is 5.73 Å². The normalized spacial score (nSPS) is 12.0. The third-order valence-corrected chi connectivity index (χ3v) is 7.47. The molecule has 0 radical (unpaired) electrons. The quantitative estimate of drug-likeness (QED) is 0.189. The van der Waals surface area contributed by atoms with E-state index < -0.39 is 5.41 Å². The number of anilines is 1. The highest BCUT2D eigenvalue weighted by atomic mass is 32.2. The zero-order valence-electron chi connectivity index (χ0n) is 22.2. The molecule has 1 amide bonds. The number of benzene rings is 2. The van der Waals surface area contributed by atoms with Crippen LogP contribution in [0.1, 0.15) is 42.8 Å². The fraction of sp³-hybridized carbons (Fsp3) is 0.310. The number of carbonyl (C=O) groups excluding carboxylic acids is 2. The van der Waals surface area contributed by atoms with E-state index in [0.29, 0.717) is 35.9 Å². The maximum absolute atomic E-state index is 13.6. The highest BCUT2D eigenvalue weighted by Crippen LogP contribution is 2.34. The van der Waals surface area contributed by atoms with Crippen LogP contribution in [0, 0.1) is 6.92 Å². The number of carbonyl (C=O) groups is 2. The van der Waals surface area contributed by atoms with E-state index in [2.05, 4.69) is 9.97 Å². The van der Waals surface area contributed by atoms with Gasteiger partial charge in [0.1, 0.15) is 23.0 Å². The standard InChI is InChI=1S/C29H34N4O4S/c1-21(33(19-34)18-23-17-31-22(2)32-27(23)30)26(15-16-36-4)38-20-37-28(35)29(3,24-11-7-5-8-12-24)25-13-9-6-10-14-25/h5-14,17,19H,15-16,18,20H2,1-4H3,(H2,30,31,32)/b26-21-. The van der Waals surface area contributed by atoms with E-state index >= 15 is 0 Å². The molecule has 1 aromatic heterocycles. The highest BCUT2D eigenvalue weighted by molar-refractivity contribution is 8.02. The number of nitrogen functional groups attached to an aromatic ring is 1. The van der Waals surface area contributed by atoms with E-state index in [9.17, 15) is 9.59 Å². The van der Waals surface area contributed by atoms with Crippen molar-refractivity contribution in [2.75, 3.05) is 25.4 Å². The molecule has 0 spiro atoms. The average molecular weight is 535 g/mol. The number of aromatic nitrogens is 2. The number of nitrogens with zero attached hydrogens (tertiary/aromatic N) is 3. The van der Waals surface area contributed by atoms with Crippen molar-refractivity contribution >= 4 is 30.0 Å². The summed E-state index contributed by atoms with van der Waals surface area (Å²) in [7, 11) is 1.62. The average Bonchev–Trinajstić information content (AvgIpc) is 2.94. The van der Waals surface area contributed by atoms with Crippen molar-refractivity contribution in [1.82, 2.24) is 14.9 Å². The van der Waals surface area contributed by atoms with Gasteiger partial charge in [-0.15, -0.1) is 0 Å². The Bertz CT molecular complexity index is 1210. The van der Waals surface area contributed by atoms with E-state index in [4.69, 9.17) is 15.2 Å². The Balaban J connectivity index is 1.80. The van der Waals surface area contributed by atoms with Crippen LogP contribution >= 0.6 is 11.8 Å². The minimum Gasteiger partial charge on any atom is -0.453 e. The van der Waals surface area contributed by atoms with Crippen LogP contribution in [-0.2, 0) is 31.0 Å². The van der Waals surface area contributed by atoms with Crippen molar-refractivity contribution in [3.8, 4) is 0 Å². The van der Waals surface area contributed by atoms with E-state index in [-0.39, 0.29) is 18.5 Å². The Morgan fingerprint density at radius 2 is 1.71 bits per heavy atom. The molecule has 0 saturated carbocycles. The second-order valence-corrected chi connectivity index (χ2v) is 9.88. The Labute approximate surface area is 228 Å². The maximum atomic E-state index is 13.6. The maximum Gasteiger partial charge on any atom is 0.321 e. The third kappa shape index (κ3) is 6.99. The molecule has 2 aromatic carbocycles. The number of methoxy groups -OCH3 is 1. The predicted octanol–water partition coefficient (Wildman–Crippen LogP) is 4.83. The Kier molecular flexibility index (Phi) is 10.4. The number of hydrogen-bond donors (Lipinski definition) is 1. The molecule has 0 aliphatic heterocycles. The van der Waals surface area contributed by atoms with E-state index in [1.807, 2.05) is 74.5 Å². The molecule has 2 N–H and O–H groups in total. The van der Waals surface area contributed by atoms with Crippen LogP contribution in [-0.4, -0.2) is 46.9 Å². The number of nitrogens with two attached hydrogens (primary N) is 1. The smallest absolute Gasteiger partial charge is 0.321 e. The molecule has 8 nitrogen and oxygen atoms in total. The second-order valence-electron chi connectivity index (χ2n) is 8.86. The zero-order chi connectivity index (χ0) is 27.5. The first-order valence-electron chi connectivity index (χ1n) is 12.2. The summed E-state index contributed by atoms with van der Waals surface area (Å²) >= 11 is 1.36. The number of ether oxygens (including phenoxy) is 2. The van der Waals surface area contributed by atoms with Gasteiger partial charge in [-0.05, 0) is 31.9 Å². The summed E-state index contributed by atoms with van der Waals surface area (Å²) in [6.07, 6.45) is 2.92. The van der Waals surface area contributed by atoms with Crippen molar-refractivity contribution in [2.45, 2.75) is 39.2 Å². The van der Waals surface area contributed by atoms with Gasteiger partial charge in [0.05, 0.1) is 13.2 Å². The van der Waals surface area contributed by atoms with Gasteiger partial charge in [0.15, 0.2) is 0 Å². The van der Waals surface area contributed by atoms with Crippen molar-refractivity contribution in [3.63, 3.8) is 0 Å². The Hall–Kier alpha value is -3.69. The molecule has 0 bridgehead atoms. The number of hydrogen-bond acceptors (Lipinski definition) is 8. The van der Waals surface area contributed by atoms with Crippen LogP contribution in [0.3, 0.4) is 0 Å². The van der Waals surface area contributed by atoms with E-state index in [1.54, 1.807) is 25.1 Å². The lowest BCUT2D eigenvalue weighted by Crippen LogP contribution is -2.35. The first-order chi connectivity index (χ1) is 18.3. The number of rotatable bonds is 13. The first-order valence-corrected chi connectivity index (χ1v) is 13.2. The summed E-state index contributed by atoms with van der Waals surface area (Å²) in [5.74, 6) is 0.612. The third-order valence-electron chi connectivity index (χ3n) is 6.39. The number of esters is 1. The van der Waals surface area contributed by atoms with Gasteiger partial charge in [-0.25, -0.2) is 9.97 Å². The van der Waals surface area contributed by atoms with Crippen LogP contribution in [0.2, 0.25) is 0 Å². The fourth-order valence-electron chi connectivity index (χ4n) is 4.01. The van der Waals surface area contributed by atoms with Gasteiger partial charge in [0, 0.05) is 35.9 Å². The minimum absolute atomic E-state index is 0.0763. The largest absolute Gasteiger partial charge is 0.453 e. The number of amides is 1. The van der Waals surface area contributed by atoms with Crippen molar-refractivity contribution in [3.05, 3.63) is 100.0 Å². The lowest BCUT2D eigenvalue weighted by molar-refractivity contribution is -0.146.